The molecule has 2 unspecified atom stereocenters. The molecular formula is C13H17BrN2O. The summed E-state index contributed by atoms with van der Waals surface area (Å²) in [5.74, 6) is 0.268. The molecule has 0 radical (unpaired) electrons. The standard InChI is InChI=1S/C13H17BrN2O/c1-9-12(5-6-15-9)13(17)16-8-10-3-2-4-11(14)7-10/h2-4,7,9,12,15H,5-6,8H2,1H3,(H,16,17). The van der Waals surface area contributed by atoms with Gasteiger partial charge in [0.2, 0.25) is 5.91 Å². The van der Waals surface area contributed by atoms with Crippen LogP contribution in [0.3, 0.4) is 0 Å². The number of benzene rings is 1. The molecule has 0 saturated carbocycles. The van der Waals surface area contributed by atoms with E-state index in [1.165, 1.54) is 0 Å². The van der Waals surface area contributed by atoms with Gasteiger partial charge < -0.3 is 10.6 Å². The van der Waals surface area contributed by atoms with Crippen molar-refractivity contribution in [3.8, 4) is 0 Å². The van der Waals surface area contributed by atoms with Crippen molar-refractivity contribution in [1.29, 1.82) is 0 Å². The summed E-state index contributed by atoms with van der Waals surface area (Å²) >= 11 is 3.42. The molecule has 1 aromatic carbocycles. The van der Waals surface area contributed by atoms with Crippen LogP contribution in [-0.4, -0.2) is 18.5 Å². The molecule has 3 nitrogen and oxygen atoms in total. The van der Waals surface area contributed by atoms with Gasteiger partial charge in [-0.1, -0.05) is 28.1 Å². The van der Waals surface area contributed by atoms with Gasteiger partial charge in [-0.25, -0.2) is 0 Å². The van der Waals surface area contributed by atoms with Gasteiger partial charge >= 0.3 is 0 Å². The molecule has 92 valence electrons. The third-order valence-corrected chi connectivity index (χ3v) is 3.71. The summed E-state index contributed by atoms with van der Waals surface area (Å²) in [6.45, 7) is 3.61. The van der Waals surface area contributed by atoms with Gasteiger partial charge in [0, 0.05) is 17.1 Å². The Labute approximate surface area is 110 Å². The maximum atomic E-state index is 12.0. The zero-order valence-electron chi connectivity index (χ0n) is 9.87. The Kier molecular flexibility index (Phi) is 4.18. The monoisotopic (exact) mass is 296 g/mol. The average Bonchev–Trinajstić information content (AvgIpc) is 2.72. The Hall–Kier alpha value is -0.870. The van der Waals surface area contributed by atoms with E-state index >= 15 is 0 Å². The van der Waals surface area contributed by atoms with Crippen LogP contribution in [0.5, 0.6) is 0 Å². The molecule has 17 heavy (non-hydrogen) atoms. The van der Waals surface area contributed by atoms with Crippen molar-refractivity contribution in [3.05, 3.63) is 34.3 Å². The van der Waals surface area contributed by atoms with Crippen molar-refractivity contribution in [2.45, 2.75) is 25.9 Å². The van der Waals surface area contributed by atoms with Crippen LogP contribution in [0.25, 0.3) is 0 Å². The molecule has 4 heteroatoms. The van der Waals surface area contributed by atoms with E-state index < -0.39 is 0 Å². The average molecular weight is 297 g/mol. The first-order chi connectivity index (χ1) is 8.16. The summed E-state index contributed by atoms with van der Waals surface area (Å²) < 4.78 is 1.04. The minimum Gasteiger partial charge on any atom is -0.352 e. The third-order valence-electron chi connectivity index (χ3n) is 3.22. The molecule has 0 bridgehead atoms. The lowest BCUT2D eigenvalue weighted by Crippen LogP contribution is -2.36. The second-order valence-electron chi connectivity index (χ2n) is 4.49. The van der Waals surface area contributed by atoms with Crippen molar-refractivity contribution in [3.63, 3.8) is 0 Å². The Morgan fingerprint density at radius 1 is 1.59 bits per heavy atom. The van der Waals surface area contributed by atoms with Gasteiger partial charge in [-0.3, -0.25) is 4.79 Å². The van der Waals surface area contributed by atoms with E-state index in [9.17, 15) is 4.79 Å². The molecule has 0 aromatic heterocycles. The second kappa shape index (κ2) is 5.65. The normalized spacial score (nSPS) is 23.6. The van der Waals surface area contributed by atoms with E-state index in [-0.39, 0.29) is 17.9 Å². The quantitative estimate of drug-likeness (QED) is 0.896. The maximum Gasteiger partial charge on any atom is 0.224 e. The number of hydrogen-bond donors (Lipinski definition) is 2. The maximum absolute atomic E-state index is 12.0. The number of amides is 1. The Morgan fingerprint density at radius 2 is 2.41 bits per heavy atom. The van der Waals surface area contributed by atoms with Gasteiger partial charge in [0.15, 0.2) is 0 Å². The van der Waals surface area contributed by atoms with Crippen molar-refractivity contribution >= 4 is 21.8 Å². The lowest BCUT2D eigenvalue weighted by molar-refractivity contribution is -0.125. The van der Waals surface area contributed by atoms with Gasteiger partial charge in [0.25, 0.3) is 0 Å². The van der Waals surface area contributed by atoms with Crippen LogP contribution in [-0.2, 0) is 11.3 Å². The number of halogens is 1. The Morgan fingerprint density at radius 3 is 3.06 bits per heavy atom. The molecule has 1 aliphatic heterocycles. The van der Waals surface area contributed by atoms with Crippen LogP contribution in [0.15, 0.2) is 28.7 Å². The lowest BCUT2D eigenvalue weighted by atomic mass is 10.0. The molecule has 2 N–H and O–H groups in total. The van der Waals surface area contributed by atoms with Crippen LogP contribution in [0, 0.1) is 5.92 Å². The lowest BCUT2D eigenvalue weighted by Gasteiger charge is -2.14. The third kappa shape index (κ3) is 3.30. The summed E-state index contributed by atoms with van der Waals surface area (Å²) in [7, 11) is 0. The number of hydrogen-bond acceptors (Lipinski definition) is 2. The molecular weight excluding hydrogens is 280 g/mol. The molecule has 1 saturated heterocycles. The molecule has 1 heterocycles. The first-order valence-electron chi connectivity index (χ1n) is 5.92. The van der Waals surface area contributed by atoms with Gasteiger partial charge in [-0.2, -0.15) is 0 Å². The zero-order chi connectivity index (χ0) is 12.3. The molecule has 1 aromatic rings. The molecule has 2 rings (SSSR count). The van der Waals surface area contributed by atoms with E-state index in [0.29, 0.717) is 6.54 Å². The fourth-order valence-corrected chi connectivity index (χ4v) is 2.63. The van der Waals surface area contributed by atoms with Crippen molar-refractivity contribution in [1.82, 2.24) is 10.6 Å². The van der Waals surface area contributed by atoms with E-state index in [1.54, 1.807) is 0 Å². The van der Waals surface area contributed by atoms with Crippen LogP contribution < -0.4 is 10.6 Å². The fourth-order valence-electron chi connectivity index (χ4n) is 2.18. The minimum absolute atomic E-state index is 0.113. The summed E-state index contributed by atoms with van der Waals surface area (Å²) in [4.78, 5) is 12.0. The Balaban J connectivity index is 1.88. The zero-order valence-corrected chi connectivity index (χ0v) is 11.5. The number of carbonyl (C=O) groups excluding carboxylic acids is 1. The van der Waals surface area contributed by atoms with Gasteiger partial charge in [-0.05, 0) is 37.6 Å². The topological polar surface area (TPSA) is 41.1 Å². The number of rotatable bonds is 3. The number of nitrogens with one attached hydrogen (secondary N) is 2. The highest BCUT2D eigenvalue weighted by atomic mass is 79.9. The first kappa shape index (κ1) is 12.6. The molecule has 0 spiro atoms. The molecule has 2 atom stereocenters. The SMILES string of the molecule is CC1NCCC1C(=O)NCc1cccc(Br)c1. The van der Waals surface area contributed by atoms with Crippen molar-refractivity contribution < 1.29 is 4.79 Å². The fraction of sp³-hybridized carbons (Fsp3) is 0.462. The Bertz CT molecular complexity index is 408. The summed E-state index contributed by atoms with van der Waals surface area (Å²) in [6.07, 6.45) is 0.936. The van der Waals surface area contributed by atoms with E-state index in [2.05, 4.69) is 33.5 Å². The largest absolute Gasteiger partial charge is 0.352 e. The van der Waals surface area contributed by atoms with Crippen LogP contribution in [0.2, 0.25) is 0 Å². The predicted octanol–water partition coefficient (Wildman–Crippen LogP) is 2.06. The van der Waals surface area contributed by atoms with Gasteiger partial charge in [0.1, 0.15) is 0 Å². The summed E-state index contributed by atoms with van der Waals surface area (Å²) in [5, 5.41) is 6.29. The molecule has 1 amide bonds. The highest BCUT2D eigenvalue weighted by Gasteiger charge is 2.28. The van der Waals surface area contributed by atoms with Crippen LogP contribution in [0.1, 0.15) is 18.9 Å². The first-order valence-corrected chi connectivity index (χ1v) is 6.71. The van der Waals surface area contributed by atoms with Crippen molar-refractivity contribution in [2.75, 3.05) is 6.54 Å². The van der Waals surface area contributed by atoms with Crippen LogP contribution >= 0.6 is 15.9 Å². The molecule has 1 fully saturated rings. The highest BCUT2D eigenvalue weighted by Crippen LogP contribution is 2.16. The van der Waals surface area contributed by atoms with Crippen molar-refractivity contribution in [2.24, 2.45) is 5.92 Å². The summed E-state index contributed by atoms with van der Waals surface area (Å²) in [6, 6.07) is 8.29. The van der Waals surface area contributed by atoms with Gasteiger partial charge in [0.05, 0.1) is 5.92 Å². The number of carbonyl (C=O) groups is 1. The molecule has 1 aliphatic rings. The molecule has 0 aliphatic carbocycles. The highest BCUT2D eigenvalue weighted by molar-refractivity contribution is 9.10. The van der Waals surface area contributed by atoms with E-state index in [4.69, 9.17) is 0 Å². The second-order valence-corrected chi connectivity index (χ2v) is 5.40. The minimum atomic E-state index is 0.113. The van der Waals surface area contributed by atoms with Gasteiger partial charge in [-0.15, -0.1) is 0 Å². The smallest absolute Gasteiger partial charge is 0.224 e. The van der Waals surface area contributed by atoms with E-state index in [1.807, 2.05) is 24.3 Å². The van der Waals surface area contributed by atoms with E-state index in [0.717, 1.165) is 23.0 Å². The summed E-state index contributed by atoms with van der Waals surface area (Å²) in [5.41, 5.74) is 1.12. The van der Waals surface area contributed by atoms with Crippen LogP contribution in [0.4, 0.5) is 0 Å². The predicted molar refractivity (Wildman–Crippen MR) is 71.6 cm³/mol.